The molecule has 1 saturated heterocycles. The second-order valence-electron chi connectivity index (χ2n) is 6.43. The molecule has 0 bridgehead atoms. The van der Waals surface area contributed by atoms with Gasteiger partial charge in [-0.1, -0.05) is 12.1 Å². The van der Waals surface area contributed by atoms with Crippen molar-refractivity contribution in [2.24, 2.45) is 0 Å². The summed E-state index contributed by atoms with van der Waals surface area (Å²) in [5.41, 5.74) is 1.10. The van der Waals surface area contributed by atoms with Gasteiger partial charge in [-0.25, -0.2) is 4.98 Å². The third kappa shape index (κ3) is 4.34. The molecule has 0 spiro atoms. The zero-order valence-corrected chi connectivity index (χ0v) is 16.1. The Bertz CT molecular complexity index is 882. The third-order valence-corrected chi connectivity index (χ3v) is 6.51. The van der Waals surface area contributed by atoms with Crippen molar-refractivity contribution in [3.63, 3.8) is 0 Å². The molecule has 0 amide bonds. The Morgan fingerprint density at radius 3 is 2.52 bits per heavy atom. The van der Waals surface area contributed by atoms with E-state index in [1.54, 1.807) is 28.7 Å². The van der Waals surface area contributed by atoms with Gasteiger partial charge in [0.25, 0.3) is 0 Å². The van der Waals surface area contributed by atoms with Crippen LogP contribution in [0, 0.1) is 0 Å². The van der Waals surface area contributed by atoms with Gasteiger partial charge in [0.1, 0.15) is 5.01 Å². The monoisotopic (exact) mass is 409 g/mol. The Morgan fingerprint density at radius 1 is 1.00 bits per heavy atom. The smallest absolute Gasteiger partial charge is 0.369 e. The summed E-state index contributed by atoms with van der Waals surface area (Å²) in [6.07, 6.45) is -4.30. The lowest BCUT2D eigenvalue weighted by atomic mass is 10.1. The molecule has 0 saturated carbocycles. The first-order chi connectivity index (χ1) is 13.0. The van der Waals surface area contributed by atoms with Gasteiger partial charge in [-0.15, -0.1) is 22.7 Å². The Labute approximate surface area is 163 Å². The van der Waals surface area contributed by atoms with Crippen LogP contribution in [0.2, 0.25) is 0 Å². The van der Waals surface area contributed by atoms with Gasteiger partial charge >= 0.3 is 6.18 Å². The molecule has 0 unspecified atom stereocenters. The molecular formula is C19H18F3N3S2. The van der Waals surface area contributed by atoms with Crippen LogP contribution in [-0.4, -0.2) is 36.1 Å². The van der Waals surface area contributed by atoms with Crippen molar-refractivity contribution in [1.29, 1.82) is 0 Å². The van der Waals surface area contributed by atoms with E-state index >= 15 is 0 Å². The quantitative estimate of drug-likeness (QED) is 0.590. The highest BCUT2D eigenvalue weighted by Gasteiger charge is 2.31. The van der Waals surface area contributed by atoms with Gasteiger partial charge in [0.2, 0.25) is 0 Å². The molecule has 27 heavy (non-hydrogen) atoms. The molecule has 8 heteroatoms. The number of nitrogens with zero attached hydrogens (tertiary/aromatic N) is 3. The zero-order valence-electron chi connectivity index (χ0n) is 14.4. The summed E-state index contributed by atoms with van der Waals surface area (Å²) in [6.45, 7) is 3.81. The number of piperazine rings is 1. The summed E-state index contributed by atoms with van der Waals surface area (Å²) >= 11 is 3.34. The number of alkyl halides is 3. The normalized spacial score (nSPS) is 16.0. The summed E-state index contributed by atoms with van der Waals surface area (Å²) in [5.74, 6) is 0. The first-order valence-electron chi connectivity index (χ1n) is 8.62. The van der Waals surface area contributed by atoms with E-state index in [9.17, 15) is 13.2 Å². The number of anilines is 1. The minimum atomic E-state index is -4.30. The number of thiazole rings is 1. The Balaban J connectivity index is 1.36. The number of aromatic nitrogens is 1. The minimum absolute atomic E-state index is 0.592. The first kappa shape index (κ1) is 18.5. The molecule has 0 radical (unpaired) electrons. The fraction of sp³-hybridized carbons (Fsp3) is 0.316. The van der Waals surface area contributed by atoms with Crippen molar-refractivity contribution in [1.82, 2.24) is 9.88 Å². The fourth-order valence-corrected chi connectivity index (χ4v) is 4.79. The molecule has 1 aromatic carbocycles. The van der Waals surface area contributed by atoms with E-state index in [0.717, 1.165) is 36.4 Å². The van der Waals surface area contributed by atoms with Crippen LogP contribution in [0.4, 0.5) is 18.9 Å². The maximum Gasteiger partial charge on any atom is 0.416 e. The van der Waals surface area contributed by atoms with Crippen molar-refractivity contribution in [3.05, 3.63) is 58.4 Å². The lowest BCUT2D eigenvalue weighted by molar-refractivity contribution is -0.137. The fourth-order valence-electron chi connectivity index (χ4n) is 3.17. The molecular weight excluding hydrogens is 391 g/mol. The highest BCUT2D eigenvalue weighted by atomic mass is 32.1. The van der Waals surface area contributed by atoms with Crippen molar-refractivity contribution in [2.75, 3.05) is 31.1 Å². The summed E-state index contributed by atoms with van der Waals surface area (Å²) in [4.78, 5) is 10.2. The summed E-state index contributed by atoms with van der Waals surface area (Å²) < 4.78 is 38.7. The molecule has 0 atom stereocenters. The van der Waals surface area contributed by atoms with Crippen molar-refractivity contribution in [3.8, 4) is 9.88 Å². The third-order valence-electron chi connectivity index (χ3n) is 4.58. The van der Waals surface area contributed by atoms with Crippen molar-refractivity contribution >= 4 is 28.4 Å². The number of benzene rings is 1. The van der Waals surface area contributed by atoms with Gasteiger partial charge in [-0.05, 0) is 29.6 Å². The van der Waals surface area contributed by atoms with E-state index in [1.165, 1.54) is 17.0 Å². The van der Waals surface area contributed by atoms with Crippen LogP contribution in [0.15, 0.2) is 47.2 Å². The van der Waals surface area contributed by atoms with Gasteiger partial charge in [-0.3, -0.25) is 4.90 Å². The number of thiophene rings is 1. The van der Waals surface area contributed by atoms with Crippen LogP contribution >= 0.6 is 22.7 Å². The summed E-state index contributed by atoms with van der Waals surface area (Å²) in [6, 6.07) is 9.68. The van der Waals surface area contributed by atoms with Gasteiger partial charge in [0.05, 0.1) is 16.1 Å². The van der Waals surface area contributed by atoms with Crippen LogP contribution in [0.5, 0.6) is 0 Å². The van der Waals surface area contributed by atoms with Crippen LogP contribution in [0.3, 0.4) is 0 Å². The molecule has 0 aliphatic carbocycles. The molecule has 2 aromatic heterocycles. The van der Waals surface area contributed by atoms with Crippen LogP contribution in [0.25, 0.3) is 9.88 Å². The highest BCUT2D eigenvalue weighted by Crippen LogP contribution is 2.32. The molecule has 3 nitrogen and oxygen atoms in total. The van der Waals surface area contributed by atoms with Gasteiger partial charge in [0, 0.05) is 43.8 Å². The van der Waals surface area contributed by atoms with E-state index in [2.05, 4.69) is 16.3 Å². The van der Waals surface area contributed by atoms with Crippen molar-refractivity contribution < 1.29 is 13.2 Å². The van der Waals surface area contributed by atoms with Gasteiger partial charge < -0.3 is 4.90 Å². The van der Waals surface area contributed by atoms with E-state index in [4.69, 9.17) is 4.98 Å². The maximum absolute atomic E-state index is 12.9. The highest BCUT2D eigenvalue weighted by molar-refractivity contribution is 7.20. The number of hydrogen-bond acceptors (Lipinski definition) is 5. The predicted octanol–water partition coefficient (Wildman–Crippen LogP) is 5.21. The molecule has 4 rings (SSSR count). The van der Waals surface area contributed by atoms with Gasteiger partial charge in [0.15, 0.2) is 0 Å². The average Bonchev–Trinajstić information content (AvgIpc) is 3.33. The topological polar surface area (TPSA) is 19.4 Å². The average molecular weight is 410 g/mol. The first-order valence-corrected chi connectivity index (χ1v) is 10.4. The van der Waals surface area contributed by atoms with E-state index in [-0.39, 0.29) is 0 Å². The zero-order chi connectivity index (χ0) is 18.9. The van der Waals surface area contributed by atoms with E-state index < -0.39 is 11.7 Å². The molecule has 142 valence electrons. The molecule has 1 aliphatic heterocycles. The Morgan fingerprint density at radius 2 is 1.81 bits per heavy atom. The molecule has 3 heterocycles. The molecule has 0 N–H and O–H groups in total. The van der Waals surface area contributed by atoms with Crippen LogP contribution < -0.4 is 4.90 Å². The Kier molecular flexibility index (Phi) is 5.21. The van der Waals surface area contributed by atoms with E-state index in [1.807, 2.05) is 16.3 Å². The second kappa shape index (κ2) is 7.61. The largest absolute Gasteiger partial charge is 0.416 e. The minimum Gasteiger partial charge on any atom is -0.369 e. The second-order valence-corrected chi connectivity index (χ2v) is 8.24. The SMILES string of the molecule is FC(F)(F)c1cccc(N2CCN(Cc3csc(-c4cccs4)n3)CC2)c1. The molecule has 3 aromatic rings. The lowest BCUT2D eigenvalue weighted by Crippen LogP contribution is -2.46. The van der Waals surface area contributed by atoms with Gasteiger partial charge in [-0.2, -0.15) is 13.2 Å². The summed E-state index contributed by atoms with van der Waals surface area (Å²) in [5, 5.41) is 5.18. The van der Waals surface area contributed by atoms with Crippen LogP contribution in [0.1, 0.15) is 11.3 Å². The number of hydrogen-bond donors (Lipinski definition) is 0. The maximum atomic E-state index is 12.9. The molecule has 1 fully saturated rings. The lowest BCUT2D eigenvalue weighted by Gasteiger charge is -2.36. The number of halogens is 3. The Hall–Kier alpha value is -1.90. The molecule has 1 aliphatic rings. The predicted molar refractivity (Wildman–Crippen MR) is 104 cm³/mol. The van der Waals surface area contributed by atoms with Crippen molar-refractivity contribution in [2.45, 2.75) is 12.7 Å². The van der Waals surface area contributed by atoms with Crippen LogP contribution in [-0.2, 0) is 12.7 Å². The van der Waals surface area contributed by atoms with E-state index in [0.29, 0.717) is 18.8 Å². The number of rotatable bonds is 4. The standard InChI is InChI=1S/C19H18F3N3S2/c20-19(21,22)14-3-1-4-16(11-14)25-8-6-24(7-9-25)12-15-13-27-18(23-15)17-5-2-10-26-17/h1-5,10-11,13H,6-9,12H2. The summed E-state index contributed by atoms with van der Waals surface area (Å²) in [7, 11) is 0.